The number of nitro groups is 1. The first-order chi connectivity index (χ1) is 7.36. The summed E-state index contributed by atoms with van der Waals surface area (Å²) in [5, 5.41) is 10.3. The number of nitrogens with two attached hydrogens (primary N) is 1. The van der Waals surface area contributed by atoms with Gasteiger partial charge in [0.1, 0.15) is 6.20 Å². The predicted molar refractivity (Wildman–Crippen MR) is 48.7 cm³/mol. The van der Waals surface area contributed by atoms with Gasteiger partial charge in [0.2, 0.25) is 0 Å². The number of halogens is 3. The van der Waals surface area contributed by atoms with Crippen LogP contribution in [0.5, 0.6) is 0 Å². The van der Waals surface area contributed by atoms with Gasteiger partial charge in [0.25, 0.3) is 5.69 Å². The molecule has 0 saturated carbocycles. The Bertz CT molecular complexity index is 406. The molecular weight excluding hydrogens is 227 g/mol. The van der Waals surface area contributed by atoms with Crippen LogP contribution in [0.2, 0.25) is 0 Å². The van der Waals surface area contributed by atoms with Crippen LogP contribution in [-0.4, -0.2) is 16.5 Å². The highest BCUT2D eigenvalue weighted by Gasteiger charge is 2.35. The molecule has 0 aromatic carbocycles. The third kappa shape index (κ3) is 2.66. The SMILES string of the molecule is NCCc1ncc([N+](=O)[O-])cc1C(F)(F)F. The minimum absolute atomic E-state index is 0.00606. The summed E-state index contributed by atoms with van der Waals surface area (Å²) in [4.78, 5) is 12.8. The lowest BCUT2D eigenvalue weighted by atomic mass is 10.1. The van der Waals surface area contributed by atoms with Crippen LogP contribution in [0.15, 0.2) is 12.3 Å². The fraction of sp³-hybridized carbons (Fsp3) is 0.375. The lowest BCUT2D eigenvalue weighted by Crippen LogP contribution is -2.14. The van der Waals surface area contributed by atoms with Crippen LogP contribution in [0.3, 0.4) is 0 Å². The maximum Gasteiger partial charge on any atom is 0.418 e. The molecule has 0 unspecified atom stereocenters. The number of alkyl halides is 3. The van der Waals surface area contributed by atoms with Crippen LogP contribution >= 0.6 is 0 Å². The smallest absolute Gasteiger partial charge is 0.330 e. The third-order valence-electron chi connectivity index (χ3n) is 1.85. The Kier molecular flexibility index (Phi) is 3.43. The van der Waals surface area contributed by atoms with Crippen molar-refractivity contribution in [3.63, 3.8) is 0 Å². The number of nitrogens with zero attached hydrogens (tertiary/aromatic N) is 2. The first-order valence-electron chi connectivity index (χ1n) is 4.27. The molecule has 0 spiro atoms. The van der Waals surface area contributed by atoms with E-state index in [-0.39, 0.29) is 18.7 Å². The molecule has 1 aromatic rings. The normalized spacial score (nSPS) is 11.5. The zero-order valence-corrected chi connectivity index (χ0v) is 7.99. The van der Waals surface area contributed by atoms with E-state index >= 15 is 0 Å². The van der Waals surface area contributed by atoms with Gasteiger partial charge in [0, 0.05) is 12.5 Å². The molecule has 88 valence electrons. The Labute approximate surface area is 88.2 Å². The average molecular weight is 235 g/mol. The summed E-state index contributed by atoms with van der Waals surface area (Å²) < 4.78 is 37.5. The van der Waals surface area contributed by atoms with Crippen molar-refractivity contribution in [2.24, 2.45) is 5.73 Å². The van der Waals surface area contributed by atoms with Gasteiger partial charge in [0.05, 0.1) is 16.2 Å². The van der Waals surface area contributed by atoms with Crippen molar-refractivity contribution < 1.29 is 18.1 Å². The van der Waals surface area contributed by atoms with E-state index < -0.39 is 22.4 Å². The predicted octanol–water partition coefficient (Wildman–Crippen LogP) is 1.51. The van der Waals surface area contributed by atoms with Gasteiger partial charge >= 0.3 is 6.18 Å². The summed E-state index contributed by atoms with van der Waals surface area (Å²) in [6.45, 7) is -0.00606. The van der Waals surface area contributed by atoms with Crippen LogP contribution in [0.1, 0.15) is 11.3 Å². The quantitative estimate of drug-likeness (QED) is 0.635. The van der Waals surface area contributed by atoms with Crippen molar-refractivity contribution in [2.75, 3.05) is 6.54 Å². The van der Waals surface area contributed by atoms with E-state index in [4.69, 9.17) is 5.73 Å². The number of rotatable bonds is 3. The summed E-state index contributed by atoms with van der Waals surface area (Å²) in [7, 11) is 0. The highest BCUT2D eigenvalue weighted by atomic mass is 19.4. The molecular formula is C8H8F3N3O2. The summed E-state index contributed by atoms with van der Waals surface area (Å²) in [5.41, 5.74) is 3.06. The number of hydrogen-bond acceptors (Lipinski definition) is 4. The Morgan fingerprint density at radius 1 is 1.50 bits per heavy atom. The first-order valence-corrected chi connectivity index (χ1v) is 4.27. The van der Waals surface area contributed by atoms with Crippen LogP contribution in [0, 0.1) is 10.1 Å². The van der Waals surface area contributed by atoms with Gasteiger partial charge in [-0.2, -0.15) is 13.2 Å². The molecule has 0 aliphatic carbocycles. The van der Waals surface area contributed by atoms with Crippen LogP contribution < -0.4 is 5.73 Å². The topological polar surface area (TPSA) is 82.0 Å². The average Bonchev–Trinajstić information content (AvgIpc) is 2.16. The molecule has 1 aromatic heterocycles. The second kappa shape index (κ2) is 4.44. The second-order valence-electron chi connectivity index (χ2n) is 2.98. The van der Waals surface area contributed by atoms with Gasteiger partial charge in [-0.05, 0) is 6.54 Å². The second-order valence-corrected chi connectivity index (χ2v) is 2.98. The van der Waals surface area contributed by atoms with E-state index in [0.29, 0.717) is 6.07 Å². The number of pyridine rings is 1. The number of aromatic nitrogens is 1. The zero-order chi connectivity index (χ0) is 12.3. The van der Waals surface area contributed by atoms with Gasteiger partial charge < -0.3 is 5.73 Å². The lowest BCUT2D eigenvalue weighted by Gasteiger charge is -2.10. The molecule has 5 nitrogen and oxygen atoms in total. The highest BCUT2D eigenvalue weighted by molar-refractivity contribution is 5.36. The molecule has 8 heteroatoms. The summed E-state index contributed by atoms with van der Waals surface area (Å²) in [6, 6.07) is 0.470. The Hall–Kier alpha value is -1.70. The molecule has 1 rings (SSSR count). The molecule has 0 radical (unpaired) electrons. The van der Waals surface area contributed by atoms with Crippen LogP contribution in [0.25, 0.3) is 0 Å². The third-order valence-corrected chi connectivity index (χ3v) is 1.85. The summed E-state index contributed by atoms with van der Waals surface area (Å²) in [6.07, 6.45) is -3.95. The van der Waals surface area contributed by atoms with Gasteiger partial charge in [-0.3, -0.25) is 15.1 Å². The Morgan fingerprint density at radius 3 is 2.56 bits per heavy atom. The molecule has 0 fully saturated rings. The largest absolute Gasteiger partial charge is 0.418 e. The lowest BCUT2D eigenvalue weighted by molar-refractivity contribution is -0.385. The van der Waals surface area contributed by atoms with Gasteiger partial charge in [0.15, 0.2) is 0 Å². The molecule has 0 saturated heterocycles. The van der Waals surface area contributed by atoms with Gasteiger partial charge in [-0.15, -0.1) is 0 Å². The van der Waals surface area contributed by atoms with Crippen molar-refractivity contribution in [3.05, 3.63) is 33.6 Å². The van der Waals surface area contributed by atoms with Gasteiger partial charge in [-0.1, -0.05) is 0 Å². The van der Waals surface area contributed by atoms with Crippen molar-refractivity contribution in [1.29, 1.82) is 0 Å². The number of hydrogen-bond donors (Lipinski definition) is 1. The minimum Gasteiger partial charge on any atom is -0.330 e. The molecule has 0 amide bonds. The highest BCUT2D eigenvalue weighted by Crippen LogP contribution is 2.33. The maximum absolute atomic E-state index is 12.5. The van der Waals surface area contributed by atoms with Crippen molar-refractivity contribution in [3.8, 4) is 0 Å². The van der Waals surface area contributed by atoms with Gasteiger partial charge in [-0.25, -0.2) is 0 Å². The molecule has 16 heavy (non-hydrogen) atoms. The van der Waals surface area contributed by atoms with E-state index in [0.717, 1.165) is 6.20 Å². The molecule has 2 N–H and O–H groups in total. The summed E-state index contributed by atoms with van der Waals surface area (Å²) >= 11 is 0. The van der Waals surface area contributed by atoms with E-state index in [2.05, 4.69) is 4.98 Å². The first kappa shape index (κ1) is 12.4. The fourth-order valence-electron chi connectivity index (χ4n) is 1.16. The zero-order valence-electron chi connectivity index (χ0n) is 7.99. The van der Waals surface area contributed by atoms with Crippen LogP contribution in [-0.2, 0) is 12.6 Å². The minimum atomic E-state index is -4.66. The molecule has 0 bridgehead atoms. The van der Waals surface area contributed by atoms with Crippen LogP contribution in [0.4, 0.5) is 18.9 Å². The molecule has 0 aliphatic heterocycles. The Balaban J connectivity index is 3.27. The summed E-state index contributed by atoms with van der Waals surface area (Å²) in [5.74, 6) is 0. The van der Waals surface area contributed by atoms with E-state index in [1.54, 1.807) is 0 Å². The molecule has 0 aliphatic rings. The fourth-order valence-corrected chi connectivity index (χ4v) is 1.16. The van der Waals surface area contributed by atoms with Crippen molar-refractivity contribution in [1.82, 2.24) is 4.98 Å². The monoisotopic (exact) mass is 235 g/mol. The van der Waals surface area contributed by atoms with E-state index in [1.807, 2.05) is 0 Å². The molecule has 0 atom stereocenters. The van der Waals surface area contributed by atoms with E-state index in [9.17, 15) is 23.3 Å². The van der Waals surface area contributed by atoms with Crippen molar-refractivity contribution in [2.45, 2.75) is 12.6 Å². The Morgan fingerprint density at radius 2 is 2.12 bits per heavy atom. The van der Waals surface area contributed by atoms with Crippen molar-refractivity contribution >= 4 is 5.69 Å². The van der Waals surface area contributed by atoms with E-state index in [1.165, 1.54) is 0 Å². The maximum atomic E-state index is 12.5. The molecule has 1 heterocycles. The standard InChI is InChI=1S/C8H8F3N3O2/c9-8(10,11)6-3-5(14(15)16)4-13-7(6)1-2-12/h3-4H,1-2,12H2.